The molecule has 3 nitrogen and oxygen atoms in total. The number of rotatable bonds is 1. The van der Waals surface area contributed by atoms with E-state index in [-0.39, 0.29) is 6.04 Å². The zero-order chi connectivity index (χ0) is 9.71. The summed E-state index contributed by atoms with van der Waals surface area (Å²) in [4.78, 5) is 4.46. The van der Waals surface area contributed by atoms with Crippen molar-refractivity contribution in [2.24, 2.45) is 5.73 Å². The van der Waals surface area contributed by atoms with Crippen molar-refractivity contribution in [1.29, 1.82) is 0 Å². The minimum absolute atomic E-state index is 0.283. The van der Waals surface area contributed by atoms with Crippen LogP contribution in [0.2, 0.25) is 5.15 Å². The van der Waals surface area contributed by atoms with Gasteiger partial charge in [-0.2, -0.15) is 0 Å². The maximum atomic E-state index is 6.11. The molecule has 1 aromatic heterocycles. The van der Waals surface area contributed by atoms with Gasteiger partial charge < -0.3 is 10.3 Å². The van der Waals surface area contributed by atoms with E-state index in [0.717, 1.165) is 19.4 Å². The number of hydrogen-bond donors (Lipinski definition) is 1. The molecule has 1 atom stereocenters. The van der Waals surface area contributed by atoms with Crippen LogP contribution in [0.15, 0.2) is 0 Å². The van der Waals surface area contributed by atoms with Crippen LogP contribution in [-0.4, -0.2) is 15.6 Å². The first-order valence-corrected chi connectivity index (χ1v) is 5.64. The van der Waals surface area contributed by atoms with E-state index in [0.29, 0.717) is 11.1 Å². The van der Waals surface area contributed by atoms with E-state index in [1.54, 1.807) is 0 Å². The quantitative estimate of drug-likeness (QED) is 0.768. The second-order valence-corrected chi connectivity index (χ2v) is 4.75. The van der Waals surface area contributed by atoms with Gasteiger partial charge in [-0.15, -0.1) is 0 Å². The third kappa shape index (κ3) is 1.27. The zero-order valence-electron chi connectivity index (χ0n) is 8.04. The normalized spacial score (nSPS) is 26.3. The SMILES string of the molecule is NC1CCc2c(Cl)nc(C3CC3)n2C1. The highest BCUT2D eigenvalue weighted by molar-refractivity contribution is 6.30. The molecule has 2 N–H and O–H groups in total. The fourth-order valence-corrected chi connectivity index (χ4v) is 2.50. The van der Waals surface area contributed by atoms with Crippen molar-refractivity contribution in [2.45, 2.75) is 44.2 Å². The summed E-state index contributed by atoms with van der Waals surface area (Å²) in [5.74, 6) is 1.84. The Hall–Kier alpha value is -0.540. The second-order valence-electron chi connectivity index (χ2n) is 4.39. The Morgan fingerprint density at radius 1 is 1.36 bits per heavy atom. The minimum atomic E-state index is 0.283. The van der Waals surface area contributed by atoms with E-state index >= 15 is 0 Å². The Labute approximate surface area is 88.3 Å². The predicted molar refractivity (Wildman–Crippen MR) is 55.5 cm³/mol. The van der Waals surface area contributed by atoms with Gasteiger partial charge in [-0.1, -0.05) is 11.6 Å². The van der Waals surface area contributed by atoms with E-state index in [1.165, 1.54) is 24.4 Å². The van der Waals surface area contributed by atoms with Crippen molar-refractivity contribution in [3.05, 3.63) is 16.7 Å². The molecule has 0 aromatic carbocycles. The molecule has 2 aliphatic rings. The summed E-state index contributed by atoms with van der Waals surface area (Å²) in [5, 5.41) is 0.707. The van der Waals surface area contributed by atoms with E-state index in [2.05, 4.69) is 9.55 Å². The predicted octanol–water partition coefficient (Wildman–Crippen LogP) is 1.69. The van der Waals surface area contributed by atoms with Crippen LogP contribution >= 0.6 is 11.6 Å². The number of aromatic nitrogens is 2. The minimum Gasteiger partial charge on any atom is -0.329 e. The number of nitrogens with two attached hydrogens (primary N) is 1. The summed E-state index contributed by atoms with van der Waals surface area (Å²) in [6.07, 6.45) is 4.55. The van der Waals surface area contributed by atoms with E-state index in [9.17, 15) is 0 Å². The lowest BCUT2D eigenvalue weighted by Gasteiger charge is -2.22. The topological polar surface area (TPSA) is 43.8 Å². The Bertz CT molecular complexity index is 368. The van der Waals surface area contributed by atoms with Crippen molar-refractivity contribution in [2.75, 3.05) is 0 Å². The molecule has 1 aliphatic carbocycles. The molecule has 2 heterocycles. The number of fused-ring (bicyclic) bond motifs is 1. The maximum absolute atomic E-state index is 6.11. The summed E-state index contributed by atoms with van der Waals surface area (Å²) >= 11 is 6.11. The first-order valence-electron chi connectivity index (χ1n) is 5.26. The Morgan fingerprint density at radius 3 is 2.86 bits per heavy atom. The van der Waals surface area contributed by atoms with Gasteiger partial charge in [-0.25, -0.2) is 4.98 Å². The van der Waals surface area contributed by atoms with Crippen molar-refractivity contribution >= 4 is 11.6 Å². The molecule has 3 rings (SSSR count). The molecule has 1 saturated carbocycles. The number of nitrogens with zero attached hydrogens (tertiary/aromatic N) is 2. The van der Waals surface area contributed by atoms with Crippen molar-refractivity contribution in [3.63, 3.8) is 0 Å². The molecule has 1 unspecified atom stereocenters. The lowest BCUT2D eigenvalue weighted by molar-refractivity contribution is 0.449. The van der Waals surface area contributed by atoms with Gasteiger partial charge in [0.25, 0.3) is 0 Å². The summed E-state index contributed by atoms with van der Waals surface area (Å²) in [7, 11) is 0. The summed E-state index contributed by atoms with van der Waals surface area (Å²) in [6, 6.07) is 0.283. The molecule has 0 amide bonds. The van der Waals surface area contributed by atoms with Gasteiger partial charge in [0.05, 0.1) is 5.69 Å². The Morgan fingerprint density at radius 2 is 2.14 bits per heavy atom. The van der Waals surface area contributed by atoms with E-state index in [4.69, 9.17) is 17.3 Å². The second kappa shape index (κ2) is 2.97. The lowest BCUT2D eigenvalue weighted by atomic mass is 10.1. The molecule has 1 fully saturated rings. The molecular weight excluding hydrogens is 198 g/mol. The van der Waals surface area contributed by atoms with Gasteiger partial charge >= 0.3 is 0 Å². The standard InChI is InChI=1S/C10H14ClN3/c11-9-8-4-3-7(12)5-14(8)10(13-9)6-1-2-6/h6-7H,1-5,12H2. The molecule has 1 aliphatic heterocycles. The molecule has 0 radical (unpaired) electrons. The fourth-order valence-electron chi connectivity index (χ4n) is 2.22. The van der Waals surface area contributed by atoms with Crippen molar-refractivity contribution in [3.8, 4) is 0 Å². The first kappa shape index (κ1) is 8.74. The van der Waals surface area contributed by atoms with Crippen LogP contribution in [0.1, 0.15) is 36.7 Å². The molecular formula is C10H14ClN3. The molecule has 0 bridgehead atoms. The van der Waals surface area contributed by atoms with E-state index in [1.807, 2.05) is 0 Å². The molecule has 1 aromatic rings. The van der Waals surface area contributed by atoms with Crippen LogP contribution < -0.4 is 5.73 Å². The molecule has 76 valence electrons. The van der Waals surface area contributed by atoms with Gasteiger partial charge in [-0.3, -0.25) is 0 Å². The summed E-state index contributed by atoms with van der Waals surface area (Å²) in [6.45, 7) is 0.904. The monoisotopic (exact) mass is 211 g/mol. The van der Waals surface area contributed by atoms with Crippen LogP contribution in [-0.2, 0) is 13.0 Å². The zero-order valence-corrected chi connectivity index (χ0v) is 8.80. The largest absolute Gasteiger partial charge is 0.329 e. The fraction of sp³-hybridized carbons (Fsp3) is 0.700. The van der Waals surface area contributed by atoms with Gasteiger partial charge in [-0.05, 0) is 25.7 Å². The third-order valence-corrected chi connectivity index (χ3v) is 3.47. The van der Waals surface area contributed by atoms with Gasteiger partial charge in [0.1, 0.15) is 5.82 Å². The van der Waals surface area contributed by atoms with Crippen LogP contribution in [0.3, 0.4) is 0 Å². The summed E-state index contributed by atoms with van der Waals surface area (Å²) < 4.78 is 2.26. The Kier molecular flexibility index (Phi) is 1.86. The van der Waals surface area contributed by atoms with Gasteiger partial charge in [0, 0.05) is 18.5 Å². The first-order chi connectivity index (χ1) is 6.75. The number of imidazole rings is 1. The number of hydrogen-bond acceptors (Lipinski definition) is 2. The highest BCUT2D eigenvalue weighted by Gasteiger charge is 2.32. The molecule has 0 spiro atoms. The van der Waals surface area contributed by atoms with Crippen LogP contribution in [0, 0.1) is 0 Å². The Balaban J connectivity index is 2.05. The summed E-state index contributed by atoms with van der Waals surface area (Å²) in [5.41, 5.74) is 7.16. The third-order valence-electron chi connectivity index (χ3n) is 3.16. The maximum Gasteiger partial charge on any atom is 0.150 e. The average Bonchev–Trinajstić information content (AvgIpc) is 2.93. The van der Waals surface area contributed by atoms with Crippen molar-refractivity contribution < 1.29 is 0 Å². The number of halogens is 1. The van der Waals surface area contributed by atoms with Crippen LogP contribution in [0.5, 0.6) is 0 Å². The molecule has 14 heavy (non-hydrogen) atoms. The highest BCUT2D eigenvalue weighted by atomic mass is 35.5. The molecule has 4 heteroatoms. The van der Waals surface area contributed by atoms with Gasteiger partial charge in [0.2, 0.25) is 0 Å². The molecule has 0 saturated heterocycles. The lowest BCUT2D eigenvalue weighted by Crippen LogP contribution is -2.32. The van der Waals surface area contributed by atoms with Gasteiger partial charge in [0.15, 0.2) is 5.15 Å². The average molecular weight is 212 g/mol. The highest BCUT2D eigenvalue weighted by Crippen LogP contribution is 2.41. The smallest absolute Gasteiger partial charge is 0.150 e. The van der Waals surface area contributed by atoms with E-state index < -0.39 is 0 Å². The van der Waals surface area contributed by atoms with Crippen LogP contribution in [0.4, 0.5) is 0 Å². The van der Waals surface area contributed by atoms with Crippen molar-refractivity contribution in [1.82, 2.24) is 9.55 Å². The van der Waals surface area contributed by atoms with Crippen LogP contribution in [0.25, 0.3) is 0 Å².